The maximum Gasteiger partial charge on any atom is 0.191 e. The van der Waals surface area contributed by atoms with Crippen molar-refractivity contribution >= 4 is 29.2 Å². The first-order valence-electron chi connectivity index (χ1n) is 7.04. The van der Waals surface area contributed by atoms with Gasteiger partial charge < -0.3 is 15.2 Å². The van der Waals surface area contributed by atoms with Crippen molar-refractivity contribution in [3.8, 4) is 11.5 Å². The molecule has 0 aliphatic rings. The van der Waals surface area contributed by atoms with Gasteiger partial charge in [0.1, 0.15) is 0 Å². The van der Waals surface area contributed by atoms with E-state index < -0.39 is 0 Å². The van der Waals surface area contributed by atoms with Crippen molar-refractivity contribution in [3.05, 3.63) is 53.1 Å². The van der Waals surface area contributed by atoms with Gasteiger partial charge in [-0.3, -0.25) is 5.43 Å². The summed E-state index contributed by atoms with van der Waals surface area (Å²) in [5, 5.41) is 17.2. The average Bonchev–Trinajstić information content (AvgIpc) is 2.52. The number of aromatic hydroxyl groups is 1. The van der Waals surface area contributed by atoms with Crippen LogP contribution >= 0.6 is 12.2 Å². The number of methoxy groups -OCH3 is 1. The zero-order valence-corrected chi connectivity index (χ0v) is 14.1. The maximum atomic E-state index is 9.55. The lowest BCUT2D eigenvalue weighted by Gasteiger charge is -2.12. The molecule has 120 valence electrons. The summed E-state index contributed by atoms with van der Waals surface area (Å²) >= 11 is 5.24. The summed E-state index contributed by atoms with van der Waals surface area (Å²) in [6.45, 7) is 4.04. The molecule has 0 aromatic heterocycles. The minimum Gasteiger partial charge on any atom is -0.504 e. The standard InChI is InChI=1S/C17H19N3O2S/c1-11-5-4-6-12(2)16(11)19-17(23)20-18-10-13-7-8-14(21)15(9-13)22-3/h4-10,21H,1-3H3,(H2,19,20,23)/b18-10+. The number of phenolic OH excluding ortho intramolecular Hbond substituents is 1. The third-order valence-corrected chi connectivity index (χ3v) is 3.50. The van der Waals surface area contributed by atoms with Crippen LogP contribution in [0.25, 0.3) is 0 Å². The second-order valence-electron chi connectivity index (χ2n) is 5.02. The fourth-order valence-electron chi connectivity index (χ4n) is 2.09. The molecule has 0 bridgehead atoms. The smallest absolute Gasteiger partial charge is 0.191 e. The molecule has 0 heterocycles. The van der Waals surface area contributed by atoms with Crippen LogP contribution < -0.4 is 15.5 Å². The molecule has 0 unspecified atom stereocenters. The Balaban J connectivity index is 1.99. The number of nitrogens with one attached hydrogen (secondary N) is 2. The summed E-state index contributed by atoms with van der Waals surface area (Å²) in [7, 11) is 1.50. The van der Waals surface area contributed by atoms with E-state index >= 15 is 0 Å². The van der Waals surface area contributed by atoms with Crippen molar-refractivity contribution in [2.45, 2.75) is 13.8 Å². The number of para-hydroxylation sites is 1. The van der Waals surface area contributed by atoms with Gasteiger partial charge in [-0.2, -0.15) is 5.10 Å². The molecule has 0 atom stereocenters. The molecule has 0 aliphatic carbocycles. The predicted octanol–water partition coefficient (Wildman–Crippen LogP) is 3.34. The van der Waals surface area contributed by atoms with E-state index in [1.807, 2.05) is 32.0 Å². The number of rotatable bonds is 4. The first-order valence-corrected chi connectivity index (χ1v) is 7.45. The average molecular weight is 329 g/mol. The monoisotopic (exact) mass is 329 g/mol. The molecule has 0 saturated heterocycles. The first kappa shape index (κ1) is 16.8. The van der Waals surface area contributed by atoms with Gasteiger partial charge in [0, 0.05) is 5.69 Å². The summed E-state index contributed by atoms with van der Waals surface area (Å²) in [6, 6.07) is 11.0. The van der Waals surface area contributed by atoms with Crippen molar-refractivity contribution in [2.24, 2.45) is 5.10 Å². The van der Waals surface area contributed by atoms with Crippen molar-refractivity contribution in [1.82, 2.24) is 5.43 Å². The van der Waals surface area contributed by atoms with Gasteiger partial charge in [0.05, 0.1) is 13.3 Å². The number of benzene rings is 2. The van der Waals surface area contributed by atoms with Crippen LogP contribution in [0.1, 0.15) is 16.7 Å². The molecule has 6 heteroatoms. The second-order valence-corrected chi connectivity index (χ2v) is 5.43. The molecule has 0 fully saturated rings. The molecule has 2 aromatic rings. The predicted molar refractivity (Wildman–Crippen MR) is 97.5 cm³/mol. The number of phenols is 1. The number of thiocarbonyl (C=S) groups is 1. The van der Waals surface area contributed by atoms with Gasteiger partial charge in [-0.15, -0.1) is 0 Å². The lowest BCUT2D eigenvalue weighted by molar-refractivity contribution is 0.373. The fraction of sp³-hybridized carbons (Fsp3) is 0.176. The van der Waals surface area contributed by atoms with Gasteiger partial charge >= 0.3 is 0 Å². The normalized spacial score (nSPS) is 10.6. The lowest BCUT2D eigenvalue weighted by atomic mass is 10.1. The van der Waals surface area contributed by atoms with Crippen LogP contribution in [0.15, 0.2) is 41.5 Å². The zero-order valence-electron chi connectivity index (χ0n) is 13.3. The third kappa shape index (κ3) is 4.43. The summed E-state index contributed by atoms with van der Waals surface area (Å²) < 4.78 is 5.05. The van der Waals surface area contributed by atoms with E-state index in [0.29, 0.717) is 10.9 Å². The fourth-order valence-corrected chi connectivity index (χ4v) is 2.25. The van der Waals surface area contributed by atoms with E-state index in [1.165, 1.54) is 7.11 Å². The summed E-state index contributed by atoms with van der Waals surface area (Å²) in [5.74, 6) is 0.481. The molecule has 0 aliphatic heterocycles. The molecule has 0 amide bonds. The van der Waals surface area contributed by atoms with Gasteiger partial charge in [0.15, 0.2) is 16.6 Å². The van der Waals surface area contributed by atoms with Crippen LogP contribution in [0.4, 0.5) is 5.69 Å². The molecule has 5 nitrogen and oxygen atoms in total. The van der Waals surface area contributed by atoms with E-state index in [2.05, 4.69) is 15.8 Å². The molecule has 0 radical (unpaired) electrons. The molecule has 2 aromatic carbocycles. The van der Waals surface area contributed by atoms with Crippen molar-refractivity contribution in [2.75, 3.05) is 12.4 Å². The highest BCUT2D eigenvalue weighted by Gasteiger charge is 2.04. The van der Waals surface area contributed by atoms with Crippen LogP contribution in [-0.2, 0) is 0 Å². The number of hydrogen-bond acceptors (Lipinski definition) is 4. The van der Waals surface area contributed by atoms with Crippen LogP contribution in [0, 0.1) is 13.8 Å². The summed E-state index contributed by atoms with van der Waals surface area (Å²) in [6.07, 6.45) is 1.60. The topological polar surface area (TPSA) is 65.9 Å². The summed E-state index contributed by atoms with van der Waals surface area (Å²) in [4.78, 5) is 0. The van der Waals surface area contributed by atoms with Gasteiger partial charge in [0.2, 0.25) is 0 Å². The molecule has 23 heavy (non-hydrogen) atoms. The van der Waals surface area contributed by atoms with Crippen molar-refractivity contribution < 1.29 is 9.84 Å². The quantitative estimate of drug-likeness (QED) is 0.456. The highest BCUT2D eigenvalue weighted by molar-refractivity contribution is 7.80. The third-order valence-electron chi connectivity index (χ3n) is 3.30. The number of hydrogen-bond donors (Lipinski definition) is 3. The lowest BCUT2D eigenvalue weighted by Crippen LogP contribution is -2.24. The van der Waals surface area contributed by atoms with E-state index in [4.69, 9.17) is 17.0 Å². The molecular weight excluding hydrogens is 310 g/mol. The van der Waals surface area contributed by atoms with E-state index in [0.717, 1.165) is 22.4 Å². The largest absolute Gasteiger partial charge is 0.504 e. The van der Waals surface area contributed by atoms with Crippen molar-refractivity contribution in [3.63, 3.8) is 0 Å². The number of ether oxygens (including phenoxy) is 1. The highest BCUT2D eigenvalue weighted by Crippen LogP contribution is 2.25. The molecule has 0 saturated carbocycles. The Morgan fingerprint density at radius 2 is 1.91 bits per heavy atom. The zero-order chi connectivity index (χ0) is 16.8. The molecule has 0 spiro atoms. The Kier molecular flexibility index (Phi) is 5.54. The SMILES string of the molecule is COc1cc(/C=N/NC(=S)Nc2c(C)cccc2C)ccc1O. The summed E-state index contributed by atoms with van der Waals surface area (Å²) in [5.41, 5.74) is 6.76. The first-order chi connectivity index (χ1) is 11.0. The van der Waals surface area contributed by atoms with E-state index in [1.54, 1.807) is 24.4 Å². The molecule has 2 rings (SSSR count). The number of hydrazone groups is 1. The number of aryl methyl sites for hydroxylation is 2. The highest BCUT2D eigenvalue weighted by atomic mass is 32.1. The van der Waals surface area contributed by atoms with Crippen molar-refractivity contribution in [1.29, 1.82) is 0 Å². The van der Waals surface area contributed by atoms with Crippen LogP contribution in [0.5, 0.6) is 11.5 Å². The Hall–Kier alpha value is -2.60. The Bertz CT molecular complexity index is 724. The Labute approximate surface area is 141 Å². The van der Waals surface area contributed by atoms with Gasteiger partial charge in [0.25, 0.3) is 0 Å². The van der Waals surface area contributed by atoms with Gasteiger partial charge in [-0.05, 0) is 61.0 Å². The van der Waals surface area contributed by atoms with Gasteiger partial charge in [-0.25, -0.2) is 0 Å². The number of anilines is 1. The van der Waals surface area contributed by atoms with Crippen LogP contribution in [-0.4, -0.2) is 23.5 Å². The van der Waals surface area contributed by atoms with E-state index in [9.17, 15) is 5.11 Å². The van der Waals surface area contributed by atoms with Crippen LogP contribution in [0.2, 0.25) is 0 Å². The Morgan fingerprint density at radius 1 is 1.22 bits per heavy atom. The minimum absolute atomic E-state index is 0.0878. The minimum atomic E-state index is 0.0878. The second kappa shape index (κ2) is 7.60. The number of nitrogens with zero attached hydrogens (tertiary/aromatic N) is 1. The molecule has 3 N–H and O–H groups in total. The molecular formula is C17H19N3O2S. The Morgan fingerprint density at radius 3 is 2.57 bits per heavy atom. The van der Waals surface area contributed by atoms with Gasteiger partial charge in [-0.1, -0.05) is 18.2 Å². The van der Waals surface area contributed by atoms with Crippen LogP contribution in [0.3, 0.4) is 0 Å². The maximum absolute atomic E-state index is 9.55. The van der Waals surface area contributed by atoms with E-state index in [-0.39, 0.29) is 5.75 Å².